The maximum absolute atomic E-state index is 11.1. The Morgan fingerprint density at radius 3 is 2.86 bits per heavy atom. The number of hydrogen-bond donors (Lipinski definition) is 0. The van der Waals surface area contributed by atoms with Crippen LogP contribution in [0, 0.1) is 0 Å². The molecule has 1 heterocycles. The Kier molecular flexibility index (Phi) is 4.71. The van der Waals surface area contributed by atoms with Crippen LogP contribution in [0.5, 0.6) is 0 Å². The van der Waals surface area contributed by atoms with E-state index in [9.17, 15) is 4.79 Å². The molecule has 0 aromatic carbocycles. The summed E-state index contributed by atoms with van der Waals surface area (Å²) >= 11 is 0. The molecular weight excluding hydrogens is 176 g/mol. The summed E-state index contributed by atoms with van der Waals surface area (Å²) in [6.45, 7) is 4.20. The molecule has 1 rings (SSSR count). The monoisotopic (exact) mass is 196 g/mol. The van der Waals surface area contributed by atoms with Gasteiger partial charge in [0.25, 0.3) is 0 Å². The number of unbranched alkanes of at least 4 members (excludes halogenated alkanes) is 3. The lowest BCUT2D eigenvalue weighted by molar-refractivity contribution is -0.144. The number of carbonyl (C=O) groups excluding carboxylic acids is 1. The molecule has 0 saturated heterocycles. The summed E-state index contributed by atoms with van der Waals surface area (Å²) in [5.41, 5.74) is 1.15. The molecule has 0 N–H and O–H groups in total. The molecule has 80 valence electrons. The van der Waals surface area contributed by atoms with Crippen LogP contribution >= 0.6 is 0 Å². The van der Waals surface area contributed by atoms with Crippen molar-refractivity contribution in [1.82, 2.24) is 0 Å². The number of cyclic esters (lactones) is 1. The van der Waals surface area contributed by atoms with Crippen LogP contribution in [-0.2, 0) is 9.53 Å². The van der Waals surface area contributed by atoms with Crippen molar-refractivity contribution in [3.63, 3.8) is 0 Å². The molecular formula is C12H20O2. The Bertz CT molecular complexity index is 218. The zero-order chi connectivity index (χ0) is 10.4. The first kappa shape index (κ1) is 11.3. The van der Waals surface area contributed by atoms with Gasteiger partial charge in [0.2, 0.25) is 0 Å². The van der Waals surface area contributed by atoms with Crippen LogP contribution in [0.4, 0.5) is 0 Å². The van der Waals surface area contributed by atoms with E-state index >= 15 is 0 Å². The van der Waals surface area contributed by atoms with Gasteiger partial charge in [0, 0.05) is 12.5 Å². The van der Waals surface area contributed by atoms with Gasteiger partial charge in [-0.2, -0.15) is 0 Å². The molecule has 1 aliphatic heterocycles. The van der Waals surface area contributed by atoms with Gasteiger partial charge in [-0.15, -0.1) is 0 Å². The molecule has 0 aromatic rings. The number of rotatable bonds is 5. The summed E-state index contributed by atoms with van der Waals surface area (Å²) < 4.78 is 5.22. The van der Waals surface area contributed by atoms with E-state index in [1.165, 1.54) is 25.7 Å². The van der Waals surface area contributed by atoms with Crippen LogP contribution in [-0.4, -0.2) is 12.1 Å². The van der Waals surface area contributed by atoms with Crippen LogP contribution in [0.25, 0.3) is 0 Å². The van der Waals surface area contributed by atoms with E-state index in [1.807, 2.05) is 6.92 Å². The zero-order valence-corrected chi connectivity index (χ0v) is 9.21. The number of ether oxygens (including phenoxy) is 1. The topological polar surface area (TPSA) is 26.3 Å². The van der Waals surface area contributed by atoms with Crippen LogP contribution < -0.4 is 0 Å². The SMILES string of the molecule is CCCCCCC1CC(C)=CC(=O)O1. The molecule has 0 radical (unpaired) electrons. The fraction of sp³-hybridized carbons (Fsp3) is 0.750. The zero-order valence-electron chi connectivity index (χ0n) is 9.21. The Morgan fingerprint density at radius 2 is 2.21 bits per heavy atom. The van der Waals surface area contributed by atoms with Crippen molar-refractivity contribution in [2.24, 2.45) is 0 Å². The second-order valence-electron chi connectivity index (χ2n) is 4.10. The van der Waals surface area contributed by atoms with Crippen molar-refractivity contribution < 1.29 is 9.53 Å². The molecule has 1 unspecified atom stereocenters. The third-order valence-electron chi connectivity index (χ3n) is 2.58. The molecule has 0 aliphatic carbocycles. The highest BCUT2D eigenvalue weighted by Crippen LogP contribution is 2.19. The Morgan fingerprint density at radius 1 is 1.43 bits per heavy atom. The average Bonchev–Trinajstić information content (AvgIpc) is 2.11. The van der Waals surface area contributed by atoms with Gasteiger partial charge in [-0.1, -0.05) is 31.8 Å². The normalized spacial score (nSPS) is 21.7. The predicted molar refractivity (Wildman–Crippen MR) is 57.0 cm³/mol. The van der Waals surface area contributed by atoms with Crippen molar-refractivity contribution >= 4 is 5.97 Å². The predicted octanol–water partition coefficient (Wildman–Crippen LogP) is 3.22. The van der Waals surface area contributed by atoms with E-state index in [-0.39, 0.29) is 12.1 Å². The average molecular weight is 196 g/mol. The van der Waals surface area contributed by atoms with Crippen LogP contribution in [0.2, 0.25) is 0 Å². The molecule has 2 nitrogen and oxygen atoms in total. The molecule has 0 amide bonds. The quantitative estimate of drug-likeness (QED) is 0.498. The van der Waals surface area contributed by atoms with Crippen LogP contribution in [0.1, 0.15) is 52.4 Å². The number of carbonyl (C=O) groups is 1. The molecule has 1 aliphatic rings. The van der Waals surface area contributed by atoms with Gasteiger partial charge >= 0.3 is 5.97 Å². The summed E-state index contributed by atoms with van der Waals surface area (Å²) in [5.74, 6) is -0.158. The van der Waals surface area contributed by atoms with E-state index < -0.39 is 0 Å². The maximum Gasteiger partial charge on any atom is 0.330 e. The Balaban J connectivity index is 2.20. The second kappa shape index (κ2) is 5.84. The molecule has 0 saturated carbocycles. The first-order valence-corrected chi connectivity index (χ1v) is 5.60. The molecule has 0 bridgehead atoms. The minimum Gasteiger partial charge on any atom is -0.459 e. The highest BCUT2D eigenvalue weighted by Gasteiger charge is 2.18. The van der Waals surface area contributed by atoms with Crippen LogP contribution in [0.15, 0.2) is 11.6 Å². The van der Waals surface area contributed by atoms with E-state index in [0.717, 1.165) is 18.4 Å². The van der Waals surface area contributed by atoms with Gasteiger partial charge in [0.1, 0.15) is 6.10 Å². The molecule has 0 aromatic heterocycles. The molecule has 14 heavy (non-hydrogen) atoms. The molecule has 0 fully saturated rings. The van der Waals surface area contributed by atoms with E-state index in [4.69, 9.17) is 4.74 Å². The fourth-order valence-corrected chi connectivity index (χ4v) is 1.82. The molecule has 1 atom stereocenters. The second-order valence-corrected chi connectivity index (χ2v) is 4.10. The highest BCUT2D eigenvalue weighted by atomic mass is 16.5. The summed E-state index contributed by atoms with van der Waals surface area (Å²) in [7, 11) is 0. The summed E-state index contributed by atoms with van der Waals surface area (Å²) in [4.78, 5) is 11.1. The van der Waals surface area contributed by atoms with Gasteiger partial charge in [-0.25, -0.2) is 4.79 Å². The lowest BCUT2D eigenvalue weighted by Crippen LogP contribution is -2.21. The van der Waals surface area contributed by atoms with Crippen molar-refractivity contribution in [2.45, 2.75) is 58.5 Å². The lowest BCUT2D eigenvalue weighted by Gasteiger charge is -2.21. The summed E-state index contributed by atoms with van der Waals surface area (Å²) in [6.07, 6.45) is 8.67. The first-order chi connectivity index (χ1) is 6.72. The van der Waals surface area contributed by atoms with Gasteiger partial charge < -0.3 is 4.74 Å². The van der Waals surface area contributed by atoms with E-state index in [2.05, 4.69) is 6.92 Å². The van der Waals surface area contributed by atoms with Gasteiger partial charge in [0.15, 0.2) is 0 Å². The third-order valence-corrected chi connectivity index (χ3v) is 2.58. The minimum atomic E-state index is -0.158. The minimum absolute atomic E-state index is 0.143. The fourth-order valence-electron chi connectivity index (χ4n) is 1.82. The Labute approximate surface area is 86.3 Å². The molecule has 2 heteroatoms. The Hall–Kier alpha value is -0.790. The number of hydrogen-bond acceptors (Lipinski definition) is 2. The smallest absolute Gasteiger partial charge is 0.330 e. The van der Waals surface area contributed by atoms with E-state index in [0.29, 0.717) is 0 Å². The maximum atomic E-state index is 11.1. The summed E-state index contributed by atoms with van der Waals surface area (Å²) in [5, 5.41) is 0. The largest absolute Gasteiger partial charge is 0.459 e. The highest BCUT2D eigenvalue weighted by molar-refractivity contribution is 5.83. The van der Waals surface area contributed by atoms with Gasteiger partial charge in [0.05, 0.1) is 0 Å². The molecule has 0 spiro atoms. The van der Waals surface area contributed by atoms with Gasteiger partial charge in [-0.05, 0) is 19.8 Å². The van der Waals surface area contributed by atoms with Crippen molar-refractivity contribution in [1.29, 1.82) is 0 Å². The standard InChI is InChI=1S/C12H20O2/c1-3-4-5-6-7-11-8-10(2)9-12(13)14-11/h9,11H,3-8H2,1-2H3. The van der Waals surface area contributed by atoms with Gasteiger partial charge in [-0.3, -0.25) is 0 Å². The number of esters is 1. The van der Waals surface area contributed by atoms with Crippen molar-refractivity contribution in [3.8, 4) is 0 Å². The van der Waals surface area contributed by atoms with E-state index in [1.54, 1.807) is 6.08 Å². The van der Waals surface area contributed by atoms with Crippen molar-refractivity contribution in [2.75, 3.05) is 0 Å². The first-order valence-electron chi connectivity index (χ1n) is 5.60. The van der Waals surface area contributed by atoms with Crippen LogP contribution in [0.3, 0.4) is 0 Å². The lowest BCUT2D eigenvalue weighted by atomic mass is 10.0. The summed E-state index contributed by atoms with van der Waals surface area (Å²) in [6, 6.07) is 0. The van der Waals surface area contributed by atoms with Crippen molar-refractivity contribution in [3.05, 3.63) is 11.6 Å². The third kappa shape index (κ3) is 3.95.